The van der Waals surface area contributed by atoms with Gasteiger partial charge in [0.1, 0.15) is 6.61 Å². The molecule has 0 bridgehead atoms. The summed E-state index contributed by atoms with van der Waals surface area (Å²) in [6.07, 6.45) is 6.70. The molecule has 2 aliphatic heterocycles. The van der Waals surface area contributed by atoms with Crippen LogP contribution in [0, 0.1) is 5.92 Å². The largest absolute Gasteiger partial charge is 0.447 e. The average molecular weight is 445 g/mol. The highest BCUT2D eigenvalue weighted by Crippen LogP contribution is 2.35. The zero-order valence-corrected chi connectivity index (χ0v) is 18.4. The van der Waals surface area contributed by atoms with Crippen molar-refractivity contribution in [1.82, 2.24) is 9.96 Å². The van der Waals surface area contributed by atoms with E-state index in [1.807, 2.05) is 30.3 Å². The smallest absolute Gasteiger partial charge is 0.416 e. The lowest BCUT2D eigenvalue weighted by molar-refractivity contribution is -0.286. The van der Waals surface area contributed by atoms with Crippen LogP contribution >= 0.6 is 0 Å². The molecule has 3 fully saturated rings. The van der Waals surface area contributed by atoms with Gasteiger partial charge in [-0.25, -0.2) is 19.6 Å². The quantitative estimate of drug-likeness (QED) is 0.384. The molecule has 1 saturated carbocycles. The number of cyclic esters (lactones) is 1. The summed E-state index contributed by atoms with van der Waals surface area (Å²) in [7, 11) is 0. The van der Waals surface area contributed by atoms with Crippen LogP contribution in [0.15, 0.2) is 30.3 Å². The van der Waals surface area contributed by atoms with Crippen LogP contribution < -0.4 is 0 Å². The standard InChI is InChI=1S/C24H32N2O6/c27-17-25(32-23-8-4-5-13-30-23)20(12-11-18-9-10-18)15-22(28)26-21(16-31-24(26)29)14-19-6-2-1-3-7-19/h1-3,6-7,17-18,20-21,23H,4-5,8-16H2. The fraction of sp³-hybridized carbons (Fsp3) is 0.625. The van der Waals surface area contributed by atoms with Crippen molar-refractivity contribution >= 4 is 18.4 Å². The van der Waals surface area contributed by atoms with E-state index in [2.05, 4.69) is 0 Å². The second-order valence-electron chi connectivity index (χ2n) is 8.93. The summed E-state index contributed by atoms with van der Waals surface area (Å²) in [6.45, 7) is 0.778. The summed E-state index contributed by atoms with van der Waals surface area (Å²) in [4.78, 5) is 44.5. The summed E-state index contributed by atoms with van der Waals surface area (Å²) in [6, 6.07) is 8.92. The Morgan fingerprint density at radius 1 is 1.22 bits per heavy atom. The number of hydroxylamine groups is 2. The lowest BCUT2D eigenvalue weighted by Crippen LogP contribution is -2.46. The van der Waals surface area contributed by atoms with E-state index < -0.39 is 18.4 Å². The average Bonchev–Trinajstić information content (AvgIpc) is 3.58. The maximum absolute atomic E-state index is 13.2. The van der Waals surface area contributed by atoms with Gasteiger partial charge in [0.25, 0.3) is 0 Å². The van der Waals surface area contributed by atoms with E-state index in [0.717, 1.165) is 24.8 Å². The van der Waals surface area contributed by atoms with Crippen molar-refractivity contribution in [3.05, 3.63) is 35.9 Å². The van der Waals surface area contributed by atoms with Crippen molar-refractivity contribution in [2.45, 2.75) is 76.2 Å². The van der Waals surface area contributed by atoms with E-state index in [-0.39, 0.29) is 25.0 Å². The number of imide groups is 1. The number of amides is 3. The topological polar surface area (TPSA) is 85.4 Å². The van der Waals surface area contributed by atoms with E-state index in [9.17, 15) is 14.4 Å². The summed E-state index contributed by atoms with van der Waals surface area (Å²) in [5.74, 6) is 0.309. The number of carbonyl (C=O) groups excluding carboxylic acids is 3. The van der Waals surface area contributed by atoms with Gasteiger partial charge in [0, 0.05) is 13.0 Å². The third-order valence-electron chi connectivity index (χ3n) is 6.40. The van der Waals surface area contributed by atoms with Gasteiger partial charge in [-0.15, -0.1) is 0 Å². The van der Waals surface area contributed by atoms with Gasteiger partial charge in [0.15, 0.2) is 6.29 Å². The molecule has 32 heavy (non-hydrogen) atoms. The lowest BCUT2D eigenvalue weighted by Gasteiger charge is -2.33. The molecular formula is C24H32N2O6. The maximum atomic E-state index is 13.2. The Bertz CT molecular complexity index is 778. The first-order valence-electron chi connectivity index (χ1n) is 11.7. The van der Waals surface area contributed by atoms with Crippen LogP contribution in [0.3, 0.4) is 0 Å². The number of hydrogen-bond acceptors (Lipinski definition) is 6. The van der Waals surface area contributed by atoms with Crippen molar-refractivity contribution in [2.75, 3.05) is 13.2 Å². The van der Waals surface area contributed by atoms with Crippen LogP contribution in [0.25, 0.3) is 0 Å². The third kappa shape index (κ3) is 6.07. The van der Waals surface area contributed by atoms with E-state index in [1.165, 1.54) is 22.8 Å². The number of benzene rings is 1. The molecule has 0 radical (unpaired) electrons. The second kappa shape index (κ2) is 10.9. The molecular weight excluding hydrogens is 412 g/mol. The molecule has 0 aromatic heterocycles. The molecule has 2 heterocycles. The van der Waals surface area contributed by atoms with Crippen LogP contribution in [0.1, 0.15) is 56.9 Å². The zero-order chi connectivity index (χ0) is 22.3. The Morgan fingerprint density at radius 2 is 2.03 bits per heavy atom. The molecule has 0 N–H and O–H groups in total. The van der Waals surface area contributed by atoms with Gasteiger partial charge >= 0.3 is 6.09 Å². The molecule has 8 nitrogen and oxygen atoms in total. The van der Waals surface area contributed by atoms with E-state index >= 15 is 0 Å². The highest BCUT2D eigenvalue weighted by atomic mass is 16.8. The van der Waals surface area contributed by atoms with Crippen molar-refractivity contribution in [3.63, 3.8) is 0 Å². The molecule has 1 aromatic carbocycles. The first-order valence-corrected chi connectivity index (χ1v) is 11.7. The predicted octanol–water partition coefficient (Wildman–Crippen LogP) is 3.44. The Balaban J connectivity index is 1.42. The normalized spacial score (nSPS) is 24.1. The van der Waals surface area contributed by atoms with E-state index in [0.29, 0.717) is 38.2 Å². The molecule has 1 aliphatic carbocycles. The van der Waals surface area contributed by atoms with Gasteiger partial charge in [-0.05, 0) is 43.6 Å². The number of hydrogen-bond donors (Lipinski definition) is 0. The van der Waals surface area contributed by atoms with Gasteiger partial charge in [-0.3, -0.25) is 9.59 Å². The molecule has 2 saturated heterocycles. The Morgan fingerprint density at radius 3 is 2.72 bits per heavy atom. The molecule has 8 heteroatoms. The van der Waals surface area contributed by atoms with Crippen LogP contribution in [0.2, 0.25) is 0 Å². The van der Waals surface area contributed by atoms with Crippen molar-refractivity contribution in [1.29, 1.82) is 0 Å². The molecule has 174 valence electrons. The third-order valence-corrected chi connectivity index (χ3v) is 6.40. The summed E-state index contributed by atoms with van der Waals surface area (Å²) < 4.78 is 10.8. The first kappa shape index (κ1) is 22.7. The number of nitrogens with zero attached hydrogens (tertiary/aromatic N) is 2. The van der Waals surface area contributed by atoms with Gasteiger partial charge in [0.05, 0.1) is 18.5 Å². The van der Waals surface area contributed by atoms with Crippen LogP contribution in [0.5, 0.6) is 0 Å². The van der Waals surface area contributed by atoms with E-state index in [4.69, 9.17) is 14.3 Å². The molecule has 0 spiro atoms. The fourth-order valence-corrected chi connectivity index (χ4v) is 4.38. The van der Waals surface area contributed by atoms with Crippen LogP contribution in [-0.2, 0) is 30.3 Å². The number of ether oxygens (including phenoxy) is 2. The van der Waals surface area contributed by atoms with Gasteiger partial charge in [0.2, 0.25) is 12.3 Å². The minimum absolute atomic E-state index is 0.0125. The number of carbonyl (C=O) groups is 3. The maximum Gasteiger partial charge on any atom is 0.416 e. The van der Waals surface area contributed by atoms with Crippen molar-refractivity contribution in [3.8, 4) is 0 Å². The van der Waals surface area contributed by atoms with Gasteiger partial charge in [-0.1, -0.05) is 43.2 Å². The molecule has 3 amide bonds. The number of rotatable bonds is 11. The van der Waals surface area contributed by atoms with Crippen LogP contribution in [-0.4, -0.2) is 60.0 Å². The second-order valence-corrected chi connectivity index (χ2v) is 8.93. The molecule has 3 unspecified atom stereocenters. The first-order chi connectivity index (χ1) is 15.6. The summed E-state index contributed by atoms with van der Waals surface area (Å²) in [5.41, 5.74) is 1.03. The Kier molecular flexibility index (Phi) is 7.76. The molecule has 1 aromatic rings. The molecule has 4 rings (SSSR count). The highest BCUT2D eigenvalue weighted by Gasteiger charge is 2.39. The highest BCUT2D eigenvalue weighted by molar-refractivity contribution is 5.93. The van der Waals surface area contributed by atoms with Crippen LogP contribution in [0.4, 0.5) is 4.79 Å². The Labute approximate surface area is 188 Å². The Hall–Kier alpha value is -2.45. The van der Waals surface area contributed by atoms with Gasteiger partial charge in [-0.2, -0.15) is 0 Å². The van der Waals surface area contributed by atoms with Crippen molar-refractivity contribution < 1.29 is 28.7 Å². The molecule has 3 atom stereocenters. The van der Waals surface area contributed by atoms with E-state index in [1.54, 1.807) is 0 Å². The molecule has 3 aliphatic rings. The predicted molar refractivity (Wildman–Crippen MR) is 115 cm³/mol. The summed E-state index contributed by atoms with van der Waals surface area (Å²) in [5, 5.41) is 1.24. The zero-order valence-electron chi connectivity index (χ0n) is 18.4. The fourth-order valence-electron chi connectivity index (χ4n) is 4.38. The monoisotopic (exact) mass is 444 g/mol. The minimum atomic E-state index is -0.619. The minimum Gasteiger partial charge on any atom is -0.447 e. The van der Waals surface area contributed by atoms with Gasteiger partial charge < -0.3 is 9.47 Å². The lowest BCUT2D eigenvalue weighted by atomic mass is 10.0. The van der Waals surface area contributed by atoms with Crippen molar-refractivity contribution in [2.24, 2.45) is 5.92 Å². The summed E-state index contributed by atoms with van der Waals surface area (Å²) >= 11 is 0. The SMILES string of the molecule is O=CN(OC1CCCCO1)C(CCC1CC1)CC(=O)N1C(=O)OCC1Cc1ccccc1.